The van der Waals surface area contributed by atoms with Gasteiger partial charge in [-0.3, -0.25) is 10.1 Å². The van der Waals surface area contributed by atoms with Crippen LogP contribution in [0.3, 0.4) is 0 Å². The summed E-state index contributed by atoms with van der Waals surface area (Å²) >= 11 is 0. The highest BCUT2D eigenvalue weighted by Gasteiger charge is 2.10. The van der Waals surface area contributed by atoms with Crippen LogP contribution in [0.25, 0.3) is 0 Å². The van der Waals surface area contributed by atoms with E-state index in [0.29, 0.717) is 11.1 Å². The van der Waals surface area contributed by atoms with Gasteiger partial charge in [-0.15, -0.1) is 0 Å². The fourth-order valence-electron chi connectivity index (χ4n) is 1.03. The summed E-state index contributed by atoms with van der Waals surface area (Å²) in [7, 11) is 0. The molecule has 0 heterocycles. The minimum Gasteiger partial charge on any atom is -0.258 e. The third-order valence-electron chi connectivity index (χ3n) is 1.63. The number of aryl methyl sites for hydroxylation is 2. The van der Waals surface area contributed by atoms with E-state index >= 15 is 0 Å². The van der Waals surface area contributed by atoms with Crippen LogP contribution in [0, 0.1) is 29.8 Å². The van der Waals surface area contributed by atoms with E-state index in [9.17, 15) is 14.5 Å². The van der Waals surface area contributed by atoms with Crippen LogP contribution in [0.2, 0.25) is 0 Å². The Bertz CT molecular complexity index is 313. The van der Waals surface area contributed by atoms with Crippen molar-refractivity contribution in [2.24, 2.45) is 0 Å². The molecule has 0 amide bonds. The van der Waals surface area contributed by atoms with Crippen molar-refractivity contribution in [1.29, 1.82) is 0 Å². The van der Waals surface area contributed by atoms with E-state index in [1.807, 2.05) is 0 Å². The van der Waals surface area contributed by atoms with E-state index in [-0.39, 0.29) is 11.5 Å². The highest BCUT2D eigenvalue weighted by Crippen LogP contribution is 2.19. The number of hydrogen-bond donors (Lipinski definition) is 0. The van der Waals surface area contributed by atoms with Crippen molar-refractivity contribution >= 4 is 5.69 Å². The largest absolute Gasteiger partial charge is 0.270 e. The van der Waals surface area contributed by atoms with Crippen LogP contribution in [0.1, 0.15) is 11.1 Å². The monoisotopic (exact) mass is 168 g/mol. The zero-order valence-corrected chi connectivity index (χ0v) is 6.80. The van der Waals surface area contributed by atoms with Gasteiger partial charge in [-0.25, -0.2) is 4.39 Å². The fraction of sp³-hybridized carbons (Fsp3) is 0.250. The first-order valence-corrected chi connectivity index (χ1v) is 3.43. The van der Waals surface area contributed by atoms with Crippen LogP contribution in [0.15, 0.2) is 12.1 Å². The van der Waals surface area contributed by atoms with Crippen LogP contribution in [0.4, 0.5) is 10.1 Å². The van der Waals surface area contributed by atoms with Crippen LogP contribution in [-0.4, -0.2) is 4.92 Å². The van der Waals surface area contributed by atoms with E-state index in [1.165, 1.54) is 26.0 Å². The quantitative estimate of drug-likeness (QED) is 0.477. The third-order valence-corrected chi connectivity index (χ3v) is 1.63. The fourth-order valence-corrected chi connectivity index (χ4v) is 1.03. The second-order valence-corrected chi connectivity index (χ2v) is 2.65. The Balaban J connectivity index is 3.31. The van der Waals surface area contributed by atoms with Gasteiger partial charge >= 0.3 is 0 Å². The highest BCUT2D eigenvalue weighted by molar-refractivity contribution is 5.39. The van der Waals surface area contributed by atoms with Gasteiger partial charge in [-0.2, -0.15) is 0 Å². The molecule has 3 nitrogen and oxygen atoms in total. The number of halogens is 1. The molecule has 0 saturated carbocycles. The smallest absolute Gasteiger partial charge is 0.258 e. The standard InChI is InChI=1S/C8H8FNO2/c1-5-3-7(10(11)12)4-6(2)8(5)9/h3-4H,1-2H3/i9-1. The van der Waals surface area contributed by atoms with Gasteiger partial charge in [0.1, 0.15) is 5.82 Å². The molecule has 0 fully saturated rings. The topological polar surface area (TPSA) is 43.1 Å². The van der Waals surface area contributed by atoms with Gasteiger partial charge in [0.15, 0.2) is 0 Å². The molecule has 0 atom stereocenters. The van der Waals surface area contributed by atoms with Crippen molar-refractivity contribution in [1.82, 2.24) is 0 Å². The summed E-state index contributed by atoms with van der Waals surface area (Å²) in [6, 6.07) is 2.45. The van der Waals surface area contributed by atoms with Gasteiger partial charge in [0.25, 0.3) is 5.69 Å². The van der Waals surface area contributed by atoms with E-state index in [2.05, 4.69) is 0 Å². The zero-order chi connectivity index (χ0) is 9.30. The van der Waals surface area contributed by atoms with Crippen LogP contribution < -0.4 is 0 Å². The maximum absolute atomic E-state index is 13.0. The molecular formula is C8H8FNO2. The molecule has 0 bridgehead atoms. The first-order chi connectivity index (χ1) is 5.52. The molecule has 0 aliphatic rings. The minimum atomic E-state index is -0.528. The summed E-state index contributed by atoms with van der Waals surface area (Å²) in [5.41, 5.74) is 0.551. The molecule has 12 heavy (non-hydrogen) atoms. The number of benzene rings is 1. The number of nitrogens with zero attached hydrogens (tertiary/aromatic N) is 1. The maximum Gasteiger partial charge on any atom is 0.270 e. The number of rotatable bonds is 1. The second-order valence-electron chi connectivity index (χ2n) is 2.65. The molecule has 0 aromatic heterocycles. The third kappa shape index (κ3) is 1.42. The Hall–Kier alpha value is -1.45. The Kier molecular flexibility index (Phi) is 2.08. The summed E-state index contributed by atoms with van der Waals surface area (Å²) in [5.74, 6) is -0.374. The predicted molar refractivity (Wildman–Crippen MR) is 42.5 cm³/mol. The van der Waals surface area contributed by atoms with Crippen LogP contribution in [-0.2, 0) is 0 Å². The first-order valence-electron chi connectivity index (χ1n) is 3.43. The molecular weight excluding hydrogens is 160 g/mol. The lowest BCUT2D eigenvalue weighted by molar-refractivity contribution is -0.385. The van der Waals surface area contributed by atoms with Gasteiger partial charge in [0.05, 0.1) is 4.92 Å². The molecule has 1 aromatic rings. The van der Waals surface area contributed by atoms with E-state index in [0.717, 1.165) is 0 Å². The van der Waals surface area contributed by atoms with E-state index < -0.39 is 4.92 Å². The lowest BCUT2D eigenvalue weighted by Crippen LogP contribution is -1.93. The van der Waals surface area contributed by atoms with Gasteiger partial charge < -0.3 is 0 Å². The van der Waals surface area contributed by atoms with E-state index in [4.69, 9.17) is 0 Å². The average Bonchev–Trinajstić information content (AvgIpc) is 1.99. The van der Waals surface area contributed by atoms with Gasteiger partial charge in [-0.05, 0) is 25.0 Å². The molecule has 0 unspecified atom stereocenters. The number of non-ortho nitro benzene ring substituents is 1. The molecule has 0 saturated heterocycles. The highest BCUT2D eigenvalue weighted by atomic mass is 18.2. The molecule has 0 N–H and O–H groups in total. The molecule has 0 radical (unpaired) electrons. The predicted octanol–water partition coefficient (Wildman–Crippen LogP) is 2.35. The molecule has 1 aromatic carbocycles. The molecule has 0 aliphatic heterocycles. The van der Waals surface area contributed by atoms with Crippen molar-refractivity contribution in [3.63, 3.8) is 0 Å². The van der Waals surface area contributed by atoms with Crippen molar-refractivity contribution in [3.05, 3.63) is 39.2 Å². The van der Waals surface area contributed by atoms with Gasteiger partial charge in [0, 0.05) is 12.1 Å². The van der Waals surface area contributed by atoms with Crippen molar-refractivity contribution in [3.8, 4) is 0 Å². The lowest BCUT2D eigenvalue weighted by atomic mass is 10.1. The summed E-state index contributed by atoms with van der Waals surface area (Å²) in [4.78, 5) is 9.77. The van der Waals surface area contributed by atoms with Crippen molar-refractivity contribution < 1.29 is 9.31 Å². The van der Waals surface area contributed by atoms with Crippen molar-refractivity contribution in [2.45, 2.75) is 13.8 Å². The van der Waals surface area contributed by atoms with E-state index in [1.54, 1.807) is 0 Å². The second kappa shape index (κ2) is 2.89. The SMILES string of the molecule is Cc1cc([N+](=O)[O-])cc(C)c1[18F]. The minimum absolute atomic E-state index is 0.0635. The van der Waals surface area contributed by atoms with Crippen molar-refractivity contribution in [2.75, 3.05) is 0 Å². The van der Waals surface area contributed by atoms with Gasteiger partial charge in [0.2, 0.25) is 0 Å². The Morgan fingerprint density at radius 3 is 2.08 bits per heavy atom. The Labute approximate surface area is 69.0 Å². The summed E-state index contributed by atoms with van der Waals surface area (Å²) in [6.45, 7) is 3.02. The van der Waals surface area contributed by atoms with Gasteiger partial charge in [-0.1, -0.05) is 0 Å². The summed E-state index contributed by atoms with van der Waals surface area (Å²) in [5, 5.41) is 10.3. The molecule has 0 spiro atoms. The number of nitro groups is 1. The Morgan fingerprint density at radius 2 is 1.75 bits per heavy atom. The average molecular weight is 168 g/mol. The van der Waals surface area contributed by atoms with Crippen LogP contribution >= 0.6 is 0 Å². The molecule has 4 heteroatoms. The normalized spacial score (nSPS) is 9.92. The number of nitro benzene ring substituents is 1. The Morgan fingerprint density at radius 1 is 1.33 bits per heavy atom. The summed E-state index contributed by atoms with van der Waals surface area (Å²) < 4.78 is 13.0. The molecule has 0 aliphatic carbocycles. The zero-order valence-electron chi connectivity index (χ0n) is 6.80. The molecule has 64 valence electrons. The lowest BCUT2D eigenvalue weighted by Gasteiger charge is -1.99. The van der Waals surface area contributed by atoms with Crippen LogP contribution in [0.5, 0.6) is 0 Å². The molecule has 1 rings (SSSR count). The maximum atomic E-state index is 13.0. The number of hydrogen-bond acceptors (Lipinski definition) is 2. The summed E-state index contributed by atoms with van der Waals surface area (Å²) in [6.07, 6.45) is 0. The first kappa shape index (κ1) is 8.64.